The molecule has 1 unspecified atom stereocenters. The molecule has 11 heteroatoms. The third-order valence-corrected chi connectivity index (χ3v) is 6.46. The summed E-state index contributed by atoms with van der Waals surface area (Å²) in [4.78, 5) is 35.3. The van der Waals surface area contributed by atoms with Crippen LogP contribution in [0.3, 0.4) is 0 Å². The fourth-order valence-electron chi connectivity index (χ4n) is 4.66. The molecule has 9 nitrogen and oxygen atoms in total. The number of aromatic nitrogens is 3. The first-order valence-electron chi connectivity index (χ1n) is 12.3. The average Bonchev–Trinajstić information content (AvgIpc) is 3.26. The number of halogens is 2. The molecule has 4 aromatic rings. The number of carbonyl (C=O) groups is 2. The molecule has 2 aromatic carbocycles. The summed E-state index contributed by atoms with van der Waals surface area (Å²) in [6, 6.07) is 14.9. The molecule has 4 heterocycles. The van der Waals surface area contributed by atoms with E-state index in [4.69, 9.17) is 4.74 Å². The van der Waals surface area contributed by atoms with Crippen molar-refractivity contribution in [2.75, 3.05) is 11.9 Å². The number of amides is 2. The van der Waals surface area contributed by atoms with Gasteiger partial charge in [0.2, 0.25) is 18.0 Å². The van der Waals surface area contributed by atoms with Crippen molar-refractivity contribution in [2.24, 2.45) is 4.99 Å². The topological polar surface area (TPSA) is 111 Å². The molecule has 6 rings (SSSR count). The number of pyridine rings is 1. The van der Waals surface area contributed by atoms with Gasteiger partial charge in [-0.25, -0.2) is 19.0 Å². The van der Waals surface area contributed by atoms with Crippen LogP contribution in [0.15, 0.2) is 65.8 Å². The maximum absolute atomic E-state index is 14.8. The second kappa shape index (κ2) is 9.75. The number of benzene rings is 2. The first-order valence-corrected chi connectivity index (χ1v) is 12.3. The van der Waals surface area contributed by atoms with Crippen molar-refractivity contribution in [3.63, 3.8) is 0 Å². The number of ether oxygens (including phenoxy) is 1. The molecule has 196 valence electrons. The molecular weight excluding hydrogens is 506 g/mol. The van der Waals surface area contributed by atoms with Gasteiger partial charge in [-0.1, -0.05) is 42.5 Å². The van der Waals surface area contributed by atoms with Crippen LogP contribution < -0.4 is 15.4 Å². The molecule has 0 aliphatic carbocycles. The van der Waals surface area contributed by atoms with Crippen molar-refractivity contribution in [3.05, 3.63) is 94.8 Å². The zero-order chi connectivity index (χ0) is 27.1. The number of nitrogens with zero attached hydrogens (tertiary/aromatic N) is 4. The number of hydrogen-bond acceptors (Lipinski definition) is 6. The third-order valence-electron chi connectivity index (χ3n) is 6.46. The van der Waals surface area contributed by atoms with Crippen molar-refractivity contribution in [2.45, 2.75) is 26.1 Å². The zero-order valence-corrected chi connectivity index (χ0v) is 20.7. The van der Waals surface area contributed by atoms with E-state index in [0.29, 0.717) is 42.0 Å². The largest absolute Gasteiger partial charge is 0.477 e. The molecule has 2 aliphatic heterocycles. The summed E-state index contributed by atoms with van der Waals surface area (Å²) in [5.74, 6) is -2.78. The smallest absolute Gasteiger partial charge is 0.269 e. The normalized spacial score (nSPS) is 16.2. The predicted molar refractivity (Wildman–Crippen MR) is 139 cm³/mol. The number of rotatable bonds is 4. The van der Waals surface area contributed by atoms with Gasteiger partial charge in [0.25, 0.3) is 11.8 Å². The zero-order valence-electron chi connectivity index (χ0n) is 20.7. The van der Waals surface area contributed by atoms with Gasteiger partial charge >= 0.3 is 0 Å². The second-order valence-electron chi connectivity index (χ2n) is 9.18. The molecule has 2 N–H and O–H groups in total. The second-order valence-corrected chi connectivity index (χ2v) is 9.18. The minimum Gasteiger partial charge on any atom is -0.477 e. The summed E-state index contributed by atoms with van der Waals surface area (Å²) >= 11 is 0. The van der Waals surface area contributed by atoms with E-state index in [2.05, 4.69) is 25.7 Å². The monoisotopic (exact) mass is 528 g/mol. The van der Waals surface area contributed by atoms with E-state index in [1.165, 1.54) is 29.1 Å². The first-order chi connectivity index (χ1) is 18.9. The predicted octanol–water partition coefficient (Wildman–Crippen LogP) is 3.86. The van der Waals surface area contributed by atoms with Crippen molar-refractivity contribution in [1.82, 2.24) is 20.1 Å². The Kier molecular flexibility index (Phi) is 6.10. The van der Waals surface area contributed by atoms with Gasteiger partial charge < -0.3 is 15.4 Å². The lowest BCUT2D eigenvalue weighted by molar-refractivity contribution is -0.117. The summed E-state index contributed by atoms with van der Waals surface area (Å²) < 4.78 is 36.9. The molecule has 0 radical (unpaired) electrons. The highest BCUT2D eigenvalue weighted by Crippen LogP contribution is 2.34. The van der Waals surface area contributed by atoms with Crippen molar-refractivity contribution < 1.29 is 23.1 Å². The molecule has 0 bridgehead atoms. The van der Waals surface area contributed by atoms with Gasteiger partial charge in [0, 0.05) is 30.3 Å². The van der Waals surface area contributed by atoms with Crippen LogP contribution in [0.2, 0.25) is 0 Å². The highest BCUT2D eigenvalue weighted by molar-refractivity contribution is 6.20. The number of aliphatic imine (C=N–C) groups is 1. The molecule has 0 saturated heterocycles. The SMILES string of the molecule is Cc1cnc(F)c(-c2nn3c(c2C(=O)NC2N=C(c4ccccc4)c4cccc(F)c4NC2=O)OCCC3)c1. The van der Waals surface area contributed by atoms with Gasteiger partial charge in [0.05, 0.1) is 23.6 Å². The fourth-order valence-corrected chi connectivity index (χ4v) is 4.66. The first kappa shape index (κ1) is 24.4. The van der Waals surface area contributed by atoms with Crippen molar-refractivity contribution in [1.29, 1.82) is 0 Å². The summed E-state index contributed by atoms with van der Waals surface area (Å²) in [6.07, 6.45) is 0.591. The molecule has 39 heavy (non-hydrogen) atoms. The molecule has 0 spiro atoms. The quantitative estimate of drug-likeness (QED) is 0.391. The van der Waals surface area contributed by atoms with E-state index in [9.17, 15) is 18.4 Å². The Labute approximate surface area is 221 Å². The number of benzodiazepines with no additional fused rings is 1. The summed E-state index contributed by atoms with van der Waals surface area (Å²) in [5, 5.41) is 9.62. The van der Waals surface area contributed by atoms with Gasteiger partial charge in [-0.15, -0.1) is 0 Å². The Bertz CT molecular complexity index is 1650. The van der Waals surface area contributed by atoms with Crippen LogP contribution >= 0.6 is 0 Å². The molecule has 2 aromatic heterocycles. The molecule has 2 aliphatic rings. The number of fused-ring (bicyclic) bond motifs is 2. The molecule has 0 saturated carbocycles. The summed E-state index contributed by atoms with van der Waals surface area (Å²) in [5.41, 5.74) is 1.96. The van der Waals surface area contributed by atoms with E-state index in [1.54, 1.807) is 37.3 Å². The van der Waals surface area contributed by atoms with Crippen LogP contribution in [0, 0.1) is 18.7 Å². The Morgan fingerprint density at radius 3 is 2.77 bits per heavy atom. The lowest BCUT2D eigenvalue weighted by Gasteiger charge is -2.17. The van der Waals surface area contributed by atoms with E-state index >= 15 is 0 Å². The lowest BCUT2D eigenvalue weighted by atomic mass is 10.0. The number of carbonyl (C=O) groups excluding carboxylic acids is 2. The Balaban J connectivity index is 1.44. The fraction of sp³-hybridized carbons (Fsp3) is 0.179. The Hall–Kier alpha value is -4.93. The van der Waals surface area contributed by atoms with Crippen molar-refractivity contribution >= 4 is 23.2 Å². The maximum atomic E-state index is 14.8. The van der Waals surface area contributed by atoms with Gasteiger partial charge in [-0.3, -0.25) is 9.59 Å². The van der Waals surface area contributed by atoms with Crippen LogP contribution in [-0.4, -0.2) is 45.1 Å². The standard InChI is InChI=1S/C28H22F2N6O3/c1-15-13-18(24(30)31-14-15)23-20(28-36(35-23)11-6-12-39-28)26(37)34-25-27(38)33-22-17(9-5-10-19(22)29)21(32-25)16-7-3-2-4-8-16/h2-5,7-10,13-14,25H,6,11-12H2,1H3,(H,33,38)(H,34,37). The Morgan fingerprint density at radius 2 is 1.95 bits per heavy atom. The molecular formula is C28H22F2N6O3. The number of para-hydroxylation sites is 1. The summed E-state index contributed by atoms with van der Waals surface area (Å²) in [7, 11) is 0. The third kappa shape index (κ3) is 4.41. The van der Waals surface area contributed by atoms with Gasteiger partial charge in [-0.05, 0) is 24.6 Å². The minimum absolute atomic E-state index is 0.0268. The number of aryl methyl sites for hydroxylation is 2. The van der Waals surface area contributed by atoms with Crippen LogP contribution in [0.4, 0.5) is 14.5 Å². The van der Waals surface area contributed by atoms with Crippen LogP contribution in [0.25, 0.3) is 11.3 Å². The van der Waals surface area contributed by atoms with Crippen LogP contribution in [-0.2, 0) is 11.3 Å². The van der Waals surface area contributed by atoms with E-state index < -0.39 is 29.7 Å². The van der Waals surface area contributed by atoms with Crippen LogP contribution in [0.5, 0.6) is 5.88 Å². The van der Waals surface area contributed by atoms with E-state index in [-0.39, 0.29) is 28.4 Å². The van der Waals surface area contributed by atoms with Gasteiger partial charge in [0.1, 0.15) is 17.1 Å². The molecule has 2 amide bonds. The van der Waals surface area contributed by atoms with E-state index in [0.717, 1.165) is 0 Å². The highest BCUT2D eigenvalue weighted by Gasteiger charge is 2.34. The van der Waals surface area contributed by atoms with Gasteiger partial charge in [-0.2, -0.15) is 9.49 Å². The number of anilines is 1. The highest BCUT2D eigenvalue weighted by atomic mass is 19.1. The number of hydrogen-bond donors (Lipinski definition) is 2. The van der Waals surface area contributed by atoms with Crippen LogP contribution in [0.1, 0.15) is 33.5 Å². The lowest BCUT2D eigenvalue weighted by Crippen LogP contribution is -2.42. The van der Waals surface area contributed by atoms with Crippen molar-refractivity contribution in [3.8, 4) is 17.1 Å². The Morgan fingerprint density at radius 1 is 1.13 bits per heavy atom. The van der Waals surface area contributed by atoms with Gasteiger partial charge in [0.15, 0.2) is 0 Å². The molecule has 1 atom stereocenters. The van der Waals surface area contributed by atoms with E-state index in [1.807, 2.05) is 6.07 Å². The molecule has 0 fully saturated rings. The summed E-state index contributed by atoms with van der Waals surface area (Å²) in [6.45, 7) is 2.55. The maximum Gasteiger partial charge on any atom is 0.269 e. The minimum atomic E-state index is -1.44. The number of nitrogens with one attached hydrogen (secondary N) is 2. The average molecular weight is 529 g/mol.